The molecule has 0 unspecified atom stereocenters. The molecule has 2 rings (SSSR count). The van der Waals surface area contributed by atoms with Crippen molar-refractivity contribution in [1.82, 2.24) is 10.2 Å². The van der Waals surface area contributed by atoms with E-state index >= 15 is 0 Å². The molecule has 1 aromatic heterocycles. The van der Waals surface area contributed by atoms with Crippen LogP contribution in [0.5, 0.6) is 0 Å². The lowest BCUT2D eigenvalue weighted by molar-refractivity contribution is 0.930. The van der Waals surface area contributed by atoms with Crippen LogP contribution >= 0.6 is 0 Å². The number of hydrogen-bond donors (Lipinski definition) is 1. The minimum absolute atomic E-state index is 1.14. The molecule has 1 aromatic carbocycles. The van der Waals surface area contributed by atoms with Crippen LogP contribution in [0, 0.1) is 0 Å². The monoisotopic (exact) mass is 190 g/mol. The van der Waals surface area contributed by atoms with Gasteiger partial charge in [-0.25, -0.2) is 0 Å². The van der Waals surface area contributed by atoms with Crippen LogP contribution in [-0.2, 0) is 6.42 Å². The number of H-pyrrole nitrogens is 1. The molecule has 0 radical (unpaired) electrons. The van der Waals surface area contributed by atoms with Gasteiger partial charge in [-0.05, 0) is 18.1 Å². The minimum Gasteiger partial charge on any atom is -0.278 e. The molecular formula is C12H18N2. The zero-order chi connectivity index (χ0) is 10.4. The van der Waals surface area contributed by atoms with Crippen molar-refractivity contribution in [2.24, 2.45) is 0 Å². The molecule has 0 saturated carbocycles. The number of nitrogens with zero attached hydrogens (tertiary/aromatic N) is 1. The van der Waals surface area contributed by atoms with E-state index in [1.165, 1.54) is 17.4 Å². The Morgan fingerprint density at radius 3 is 2.79 bits per heavy atom. The highest BCUT2D eigenvalue weighted by atomic mass is 15.1. The molecular weight excluding hydrogens is 172 g/mol. The van der Waals surface area contributed by atoms with Gasteiger partial charge in [-0.3, -0.25) is 5.10 Å². The molecule has 14 heavy (non-hydrogen) atoms. The van der Waals surface area contributed by atoms with Gasteiger partial charge in [0.05, 0.1) is 11.7 Å². The van der Waals surface area contributed by atoms with Gasteiger partial charge in [-0.1, -0.05) is 39.3 Å². The number of benzene rings is 1. The van der Waals surface area contributed by atoms with Gasteiger partial charge in [0.15, 0.2) is 0 Å². The van der Waals surface area contributed by atoms with Crippen LogP contribution in [0.1, 0.15) is 32.8 Å². The third-order valence-electron chi connectivity index (χ3n) is 2.09. The van der Waals surface area contributed by atoms with Crippen molar-refractivity contribution in [3.63, 3.8) is 0 Å². The summed E-state index contributed by atoms with van der Waals surface area (Å²) >= 11 is 0. The highest BCUT2D eigenvalue weighted by molar-refractivity contribution is 5.81. The van der Waals surface area contributed by atoms with Crippen molar-refractivity contribution >= 4 is 10.9 Å². The molecule has 0 fully saturated rings. The van der Waals surface area contributed by atoms with Crippen molar-refractivity contribution in [3.05, 3.63) is 30.0 Å². The summed E-state index contributed by atoms with van der Waals surface area (Å²) in [5, 5.41) is 8.25. The number of aromatic nitrogens is 2. The maximum Gasteiger partial charge on any atom is 0.0653 e. The van der Waals surface area contributed by atoms with E-state index < -0.39 is 0 Å². The van der Waals surface area contributed by atoms with E-state index in [2.05, 4.69) is 35.3 Å². The molecule has 1 heterocycles. The molecule has 2 aromatic rings. The van der Waals surface area contributed by atoms with Crippen molar-refractivity contribution in [1.29, 1.82) is 0 Å². The molecule has 76 valence electrons. The van der Waals surface area contributed by atoms with E-state index in [0.29, 0.717) is 0 Å². The highest BCUT2D eigenvalue weighted by Crippen LogP contribution is 2.16. The summed E-state index contributed by atoms with van der Waals surface area (Å²) in [5.41, 5.74) is 2.53. The second kappa shape index (κ2) is 5.43. The van der Waals surface area contributed by atoms with Crippen LogP contribution in [0.4, 0.5) is 0 Å². The molecule has 0 amide bonds. The molecule has 0 spiro atoms. The number of aryl methyl sites for hydroxylation is 1. The van der Waals surface area contributed by atoms with Crippen molar-refractivity contribution in [3.8, 4) is 0 Å². The second-order valence-electron chi connectivity index (χ2n) is 3.00. The van der Waals surface area contributed by atoms with E-state index in [1.807, 2.05) is 20.0 Å². The van der Waals surface area contributed by atoms with Gasteiger partial charge in [-0.2, -0.15) is 5.10 Å². The maximum absolute atomic E-state index is 4.02. The Balaban J connectivity index is 0.000000461. The molecule has 2 nitrogen and oxygen atoms in total. The Morgan fingerprint density at radius 1 is 1.29 bits per heavy atom. The third kappa shape index (κ3) is 2.13. The first kappa shape index (κ1) is 10.8. The van der Waals surface area contributed by atoms with E-state index in [-0.39, 0.29) is 0 Å². The summed E-state index contributed by atoms with van der Waals surface area (Å²) in [6.07, 6.45) is 4.22. The first-order valence-corrected chi connectivity index (χ1v) is 5.33. The quantitative estimate of drug-likeness (QED) is 0.771. The molecule has 0 atom stereocenters. The summed E-state index contributed by atoms with van der Waals surface area (Å²) < 4.78 is 0. The Kier molecular flexibility index (Phi) is 4.17. The Hall–Kier alpha value is -1.31. The lowest BCUT2D eigenvalue weighted by Crippen LogP contribution is -1.82. The van der Waals surface area contributed by atoms with Crippen LogP contribution < -0.4 is 0 Å². The summed E-state index contributed by atoms with van der Waals surface area (Å²) in [4.78, 5) is 0. The molecule has 0 aliphatic carbocycles. The van der Waals surface area contributed by atoms with Crippen LogP contribution in [0.15, 0.2) is 24.4 Å². The predicted octanol–water partition coefficient (Wildman–Crippen LogP) is 3.54. The zero-order valence-electron chi connectivity index (χ0n) is 9.17. The molecule has 1 N–H and O–H groups in total. The van der Waals surface area contributed by atoms with Crippen molar-refractivity contribution in [2.75, 3.05) is 0 Å². The van der Waals surface area contributed by atoms with E-state index in [4.69, 9.17) is 0 Å². The number of rotatable bonds is 2. The Morgan fingerprint density at radius 2 is 2.07 bits per heavy atom. The fourth-order valence-electron chi connectivity index (χ4n) is 1.52. The summed E-state index contributed by atoms with van der Waals surface area (Å²) in [7, 11) is 0. The van der Waals surface area contributed by atoms with Crippen molar-refractivity contribution < 1.29 is 0 Å². The van der Waals surface area contributed by atoms with Crippen molar-refractivity contribution in [2.45, 2.75) is 33.6 Å². The largest absolute Gasteiger partial charge is 0.278 e. The number of nitrogens with one attached hydrogen (secondary N) is 1. The van der Waals surface area contributed by atoms with Crippen LogP contribution in [0.3, 0.4) is 0 Å². The maximum atomic E-state index is 4.02. The zero-order valence-corrected chi connectivity index (χ0v) is 9.17. The smallest absolute Gasteiger partial charge is 0.0653 e. The van der Waals surface area contributed by atoms with Gasteiger partial charge in [0.1, 0.15) is 0 Å². The summed E-state index contributed by atoms with van der Waals surface area (Å²) in [6.45, 7) is 6.19. The summed E-state index contributed by atoms with van der Waals surface area (Å²) in [6, 6.07) is 6.30. The van der Waals surface area contributed by atoms with Gasteiger partial charge in [0, 0.05) is 5.39 Å². The Labute approximate surface area is 85.3 Å². The first-order chi connectivity index (χ1) is 6.92. The van der Waals surface area contributed by atoms with Gasteiger partial charge < -0.3 is 0 Å². The molecule has 2 heteroatoms. The van der Waals surface area contributed by atoms with Gasteiger partial charge in [-0.15, -0.1) is 0 Å². The van der Waals surface area contributed by atoms with Gasteiger partial charge in [0.25, 0.3) is 0 Å². The average Bonchev–Trinajstić information content (AvgIpc) is 2.70. The van der Waals surface area contributed by atoms with Crippen LogP contribution in [0.25, 0.3) is 10.9 Å². The standard InChI is InChI=1S/C10H12N2.C2H6/c1-2-4-8-5-3-6-10-9(8)7-11-12-10;1-2/h3,5-7H,2,4H2,1H3,(H,11,12);1-2H3. The van der Waals surface area contributed by atoms with E-state index in [1.54, 1.807) is 0 Å². The second-order valence-corrected chi connectivity index (χ2v) is 3.00. The Bertz CT molecular complexity index is 376. The predicted molar refractivity (Wildman–Crippen MR) is 61.4 cm³/mol. The van der Waals surface area contributed by atoms with E-state index in [0.717, 1.165) is 11.9 Å². The molecule has 0 saturated heterocycles. The number of hydrogen-bond acceptors (Lipinski definition) is 1. The van der Waals surface area contributed by atoms with Crippen LogP contribution in [0.2, 0.25) is 0 Å². The molecule has 0 aliphatic heterocycles. The average molecular weight is 190 g/mol. The van der Waals surface area contributed by atoms with Crippen LogP contribution in [-0.4, -0.2) is 10.2 Å². The molecule has 0 bridgehead atoms. The number of fused-ring (bicyclic) bond motifs is 1. The lowest BCUT2D eigenvalue weighted by atomic mass is 10.1. The fourth-order valence-corrected chi connectivity index (χ4v) is 1.52. The first-order valence-electron chi connectivity index (χ1n) is 5.33. The van der Waals surface area contributed by atoms with E-state index in [9.17, 15) is 0 Å². The SMILES string of the molecule is CC.CCCc1cccc2[nH]ncc12. The lowest BCUT2D eigenvalue weighted by Gasteiger charge is -1.98. The van der Waals surface area contributed by atoms with Gasteiger partial charge in [0.2, 0.25) is 0 Å². The summed E-state index contributed by atoms with van der Waals surface area (Å²) in [5.74, 6) is 0. The fraction of sp³-hybridized carbons (Fsp3) is 0.417. The highest BCUT2D eigenvalue weighted by Gasteiger charge is 1.99. The minimum atomic E-state index is 1.14. The number of aromatic amines is 1. The topological polar surface area (TPSA) is 28.7 Å². The van der Waals surface area contributed by atoms with Gasteiger partial charge >= 0.3 is 0 Å². The normalized spacial score (nSPS) is 9.64. The third-order valence-corrected chi connectivity index (χ3v) is 2.09. The molecule has 0 aliphatic rings.